The van der Waals surface area contributed by atoms with Crippen molar-refractivity contribution in [3.8, 4) is 5.75 Å². The van der Waals surface area contributed by atoms with Gasteiger partial charge < -0.3 is 10.5 Å². The molecule has 1 aromatic carbocycles. The molecular formula is C16H27ClN2O5S2. The summed E-state index contributed by atoms with van der Waals surface area (Å²) in [7, 11) is -6.64. The average Bonchev–Trinajstić information content (AvgIpc) is 2.99. The Bertz CT molecular complexity index is 796. The molecule has 1 heterocycles. The van der Waals surface area contributed by atoms with Crippen LogP contribution in [0.2, 0.25) is 0 Å². The number of sulfonamides is 1. The van der Waals surface area contributed by atoms with E-state index in [9.17, 15) is 16.8 Å². The number of benzene rings is 1. The van der Waals surface area contributed by atoms with Crippen molar-refractivity contribution in [3.63, 3.8) is 0 Å². The Kier molecular flexibility index (Phi) is 7.91. The molecule has 1 atom stereocenters. The molecule has 0 aromatic heterocycles. The van der Waals surface area contributed by atoms with Gasteiger partial charge in [0.15, 0.2) is 9.84 Å². The Morgan fingerprint density at radius 2 is 1.81 bits per heavy atom. The van der Waals surface area contributed by atoms with E-state index < -0.39 is 19.9 Å². The molecule has 1 aliphatic rings. The summed E-state index contributed by atoms with van der Waals surface area (Å²) < 4.78 is 55.1. The molecule has 1 saturated heterocycles. The van der Waals surface area contributed by atoms with Crippen LogP contribution in [0.3, 0.4) is 0 Å². The van der Waals surface area contributed by atoms with Gasteiger partial charge in [0.2, 0.25) is 10.0 Å². The van der Waals surface area contributed by atoms with Crippen LogP contribution in [0, 0.1) is 5.41 Å². The van der Waals surface area contributed by atoms with Crippen molar-refractivity contribution < 1.29 is 21.6 Å². The van der Waals surface area contributed by atoms with Gasteiger partial charge in [-0.15, -0.1) is 12.4 Å². The van der Waals surface area contributed by atoms with Gasteiger partial charge in [0.1, 0.15) is 12.4 Å². The molecule has 0 radical (unpaired) electrons. The van der Waals surface area contributed by atoms with Crippen LogP contribution in [0.25, 0.3) is 0 Å². The second-order valence-corrected chi connectivity index (χ2v) is 11.1. The third-order valence-corrected chi connectivity index (χ3v) is 8.11. The smallest absolute Gasteiger partial charge is 0.243 e. The lowest BCUT2D eigenvalue weighted by atomic mass is 9.90. The van der Waals surface area contributed by atoms with Gasteiger partial charge in [0.25, 0.3) is 0 Å². The van der Waals surface area contributed by atoms with E-state index in [1.54, 1.807) is 19.1 Å². The zero-order chi connectivity index (χ0) is 18.7. The molecule has 0 saturated carbocycles. The number of hydrogen-bond acceptors (Lipinski definition) is 6. The topological polar surface area (TPSA) is 107 Å². The first kappa shape index (κ1) is 23.2. The Hall–Kier alpha value is -0.870. The highest BCUT2D eigenvalue weighted by atomic mass is 35.5. The van der Waals surface area contributed by atoms with Gasteiger partial charge in [0.05, 0.1) is 10.6 Å². The summed E-state index contributed by atoms with van der Waals surface area (Å²) in [6.45, 7) is 4.95. The molecule has 26 heavy (non-hydrogen) atoms. The number of nitrogens with two attached hydrogens (primary N) is 1. The Morgan fingerprint density at radius 3 is 2.31 bits per heavy atom. The van der Waals surface area contributed by atoms with Crippen molar-refractivity contribution in [3.05, 3.63) is 24.3 Å². The van der Waals surface area contributed by atoms with Crippen LogP contribution in [-0.2, 0) is 19.9 Å². The fraction of sp³-hybridized carbons (Fsp3) is 0.625. The molecule has 1 fully saturated rings. The average molecular weight is 427 g/mol. The van der Waals surface area contributed by atoms with Gasteiger partial charge in [-0.1, -0.05) is 13.8 Å². The van der Waals surface area contributed by atoms with Crippen molar-refractivity contribution in [2.45, 2.75) is 25.2 Å². The summed E-state index contributed by atoms with van der Waals surface area (Å²) in [4.78, 5) is 0.197. The molecule has 1 unspecified atom stereocenters. The minimum atomic E-state index is -3.56. The van der Waals surface area contributed by atoms with Gasteiger partial charge in [-0.3, -0.25) is 0 Å². The summed E-state index contributed by atoms with van der Waals surface area (Å²) >= 11 is 0. The standard InChI is InChI=1S/C16H26N2O5S2.ClH/c1-3-24(19,20)11-10-23-14-4-6-15(7-5-14)25(21,22)18-9-8-16(2,12-17)13-18;/h4-7H,3,8-13,17H2,1-2H3;1H. The molecule has 2 N–H and O–H groups in total. The maximum absolute atomic E-state index is 12.7. The lowest BCUT2D eigenvalue weighted by Gasteiger charge is -2.22. The first-order valence-electron chi connectivity index (χ1n) is 8.25. The monoisotopic (exact) mass is 426 g/mol. The molecule has 10 heteroatoms. The minimum Gasteiger partial charge on any atom is -0.493 e. The highest BCUT2D eigenvalue weighted by Crippen LogP contribution is 2.32. The van der Waals surface area contributed by atoms with E-state index in [1.807, 2.05) is 6.92 Å². The van der Waals surface area contributed by atoms with Gasteiger partial charge >= 0.3 is 0 Å². The second kappa shape index (κ2) is 8.88. The van der Waals surface area contributed by atoms with E-state index in [2.05, 4.69) is 0 Å². The van der Waals surface area contributed by atoms with Crippen molar-refractivity contribution in [1.82, 2.24) is 4.31 Å². The fourth-order valence-electron chi connectivity index (χ4n) is 2.64. The van der Waals surface area contributed by atoms with Gasteiger partial charge in [-0.25, -0.2) is 16.8 Å². The maximum atomic E-state index is 12.7. The third-order valence-electron chi connectivity index (χ3n) is 4.58. The van der Waals surface area contributed by atoms with E-state index in [0.29, 0.717) is 25.4 Å². The molecule has 2 rings (SSSR count). The Morgan fingerprint density at radius 1 is 1.19 bits per heavy atom. The van der Waals surface area contributed by atoms with Gasteiger partial charge in [-0.05, 0) is 42.6 Å². The van der Waals surface area contributed by atoms with Crippen LogP contribution < -0.4 is 10.5 Å². The van der Waals surface area contributed by atoms with Crippen molar-refractivity contribution in [1.29, 1.82) is 0 Å². The molecule has 0 spiro atoms. The summed E-state index contributed by atoms with van der Waals surface area (Å²) in [5, 5.41) is 0. The zero-order valence-corrected chi connectivity index (χ0v) is 17.5. The van der Waals surface area contributed by atoms with Crippen molar-refractivity contribution in [2.24, 2.45) is 11.1 Å². The van der Waals surface area contributed by atoms with Crippen LogP contribution in [0.4, 0.5) is 0 Å². The molecule has 0 amide bonds. The quantitative estimate of drug-likeness (QED) is 0.671. The number of rotatable bonds is 8. The molecule has 150 valence electrons. The molecule has 1 aliphatic heterocycles. The van der Waals surface area contributed by atoms with E-state index in [4.69, 9.17) is 10.5 Å². The van der Waals surface area contributed by atoms with Crippen LogP contribution >= 0.6 is 12.4 Å². The van der Waals surface area contributed by atoms with E-state index in [0.717, 1.165) is 6.42 Å². The molecule has 0 aliphatic carbocycles. The number of halogens is 1. The lowest BCUT2D eigenvalue weighted by molar-refractivity contribution is 0.340. The second-order valence-electron chi connectivity index (χ2n) is 6.66. The van der Waals surface area contributed by atoms with Crippen molar-refractivity contribution in [2.75, 3.05) is 37.7 Å². The predicted octanol–water partition coefficient (Wildman–Crippen LogP) is 1.28. The fourth-order valence-corrected chi connectivity index (χ4v) is 4.86. The van der Waals surface area contributed by atoms with Crippen LogP contribution in [0.1, 0.15) is 20.3 Å². The summed E-state index contributed by atoms with van der Waals surface area (Å²) in [5.74, 6) is 0.457. The SMILES string of the molecule is CCS(=O)(=O)CCOc1ccc(S(=O)(=O)N2CCC(C)(CN)C2)cc1.Cl. The van der Waals surface area contributed by atoms with Crippen LogP contribution in [0.5, 0.6) is 5.75 Å². The predicted molar refractivity (Wildman–Crippen MR) is 104 cm³/mol. The van der Waals surface area contributed by atoms with E-state index in [-0.39, 0.29) is 40.8 Å². The third kappa shape index (κ3) is 5.56. The molecule has 7 nitrogen and oxygen atoms in total. The van der Waals surface area contributed by atoms with Crippen LogP contribution in [-0.4, -0.2) is 58.9 Å². The largest absolute Gasteiger partial charge is 0.493 e. The molecule has 0 bridgehead atoms. The van der Waals surface area contributed by atoms with Crippen molar-refractivity contribution >= 4 is 32.3 Å². The number of ether oxygens (including phenoxy) is 1. The van der Waals surface area contributed by atoms with Crippen LogP contribution in [0.15, 0.2) is 29.2 Å². The Balaban J connectivity index is 0.00000338. The van der Waals surface area contributed by atoms with E-state index in [1.165, 1.54) is 16.4 Å². The first-order valence-corrected chi connectivity index (χ1v) is 11.5. The maximum Gasteiger partial charge on any atom is 0.243 e. The number of nitrogens with zero attached hydrogens (tertiary/aromatic N) is 1. The molecule has 1 aromatic rings. The zero-order valence-electron chi connectivity index (χ0n) is 15.0. The van der Waals surface area contributed by atoms with Gasteiger partial charge in [0, 0.05) is 18.8 Å². The Labute approximate surface area is 162 Å². The normalized spacial score (nSPS) is 21.3. The summed E-state index contributed by atoms with van der Waals surface area (Å²) in [5.41, 5.74) is 5.56. The minimum absolute atomic E-state index is 0. The highest BCUT2D eigenvalue weighted by molar-refractivity contribution is 7.91. The first-order chi connectivity index (χ1) is 11.6. The lowest BCUT2D eigenvalue weighted by Crippen LogP contribution is -2.34. The number of sulfone groups is 1. The summed E-state index contributed by atoms with van der Waals surface area (Å²) in [6.07, 6.45) is 0.746. The number of hydrogen-bond donors (Lipinski definition) is 1. The van der Waals surface area contributed by atoms with Gasteiger partial charge in [-0.2, -0.15) is 4.31 Å². The highest BCUT2D eigenvalue weighted by Gasteiger charge is 2.38. The molecular weight excluding hydrogens is 400 g/mol. The van der Waals surface area contributed by atoms with E-state index >= 15 is 0 Å². The summed E-state index contributed by atoms with van der Waals surface area (Å²) in [6, 6.07) is 6.06.